The number of aliphatic carboxylic acids is 1. The van der Waals surface area contributed by atoms with Gasteiger partial charge in [-0.3, -0.25) is 14.4 Å². The summed E-state index contributed by atoms with van der Waals surface area (Å²) in [6.07, 6.45) is 0.172. The van der Waals surface area contributed by atoms with E-state index >= 15 is 0 Å². The molecule has 0 aliphatic carbocycles. The summed E-state index contributed by atoms with van der Waals surface area (Å²) in [5.74, 6) is -2.51. The lowest BCUT2D eigenvalue weighted by Gasteiger charge is -2.24. The molecule has 1 saturated heterocycles. The van der Waals surface area contributed by atoms with E-state index in [0.717, 1.165) is 5.56 Å². The summed E-state index contributed by atoms with van der Waals surface area (Å²) in [6, 6.07) is 8.39. The van der Waals surface area contributed by atoms with Crippen molar-refractivity contribution in [2.24, 2.45) is 11.8 Å². The van der Waals surface area contributed by atoms with Crippen molar-refractivity contribution in [1.29, 1.82) is 0 Å². The molecule has 0 radical (unpaired) electrons. The van der Waals surface area contributed by atoms with Crippen molar-refractivity contribution in [2.75, 3.05) is 13.6 Å². The third-order valence-electron chi connectivity index (χ3n) is 4.06. The number of carbonyl (C=O) groups is 3. The number of hydrogen-bond donors (Lipinski definition) is 2. The fourth-order valence-corrected chi connectivity index (χ4v) is 2.61. The molecule has 0 saturated carbocycles. The fourth-order valence-electron chi connectivity index (χ4n) is 2.61. The number of amides is 2. The minimum Gasteiger partial charge on any atom is -0.481 e. The van der Waals surface area contributed by atoms with Crippen molar-refractivity contribution < 1.29 is 19.5 Å². The second-order valence-corrected chi connectivity index (χ2v) is 5.70. The number of likely N-dealkylation sites (tertiary alicyclic amines) is 1. The SMILES string of the molecule is C[C@H](C(=O)O)[C@H](NC(=O)[C@H]1CC(=O)N(C)C1)c1ccccc1. The van der Waals surface area contributed by atoms with Gasteiger partial charge >= 0.3 is 5.97 Å². The van der Waals surface area contributed by atoms with Crippen LogP contribution in [0, 0.1) is 11.8 Å². The van der Waals surface area contributed by atoms with Gasteiger partial charge in [-0.1, -0.05) is 30.3 Å². The molecule has 2 rings (SSSR count). The lowest BCUT2D eigenvalue weighted by Crippen LogP contribution is -2.39. The van der Waals surface area contributed by atoms with Crippen LogP contribution in [0.15, 0.2) is 30.3 Å². The molecule has 0 bridgehead atoms. The molecule has 0 unspecified atom stereocenters. The molecule has 0 spiro atoms. The first-order valence-electron chi connectivity index (χ1n) is 7.22. The van der Waals surface area contributed by atoms with Crippen LogP contribution >= 0.6 is 0 Å². The maximum Gasteiger partial charge on any atom is 0.308 e. The minimum absolute atomic E-state index is 0.0669. The van der Waals surface area contributed by atoms with Crippen molar-refractivity contribution in [2.45, 2.75) is 19.4 Å². The normalized spacial score (nSPS) is 20.5. The molecular formula is C16H20N2O4. The second kappa shape index (κ2) is 6.60. The van der Waals surface area contributed by atoms with Crippen LogP contribution in [-0.4, -0.2) is 41.4 Å². The van der Waals surface area contributed by atoms with Crippen molar-refractivity contribution in [3.8, 4) is 0 Å². The lowest BCUT2D eigenvalue weighted by atomic mass is 9.93. The van der Waals surface area contributed by atoms with Gasteiger partial charge in [0.15, 0.2) is 0 Å². The first-order chi connectivity index (χ1) is 10.4. The predicted molar refractivity (Wildman–Crippen MR) is 79.9 cm³/mol. The van der Waals surface area contributed by atoms with Crippen molar-refractivity contribution in [3.63, 3.8) is 0 Å². The van der Waals surface area contributed by atoms with E-state index in [1.165, 1.54) is 4.90 Å². The Kier molecular flexibility index (Phi) is 4.80. The number of nitrogens with zero attached hydrogens (tertiary/aromatic N) is 1. The largest absolute Gasteiger partial charge is 0.481 e. The van der Waals surface area contributed by atoms with E-state index in [1.54, 1.807) is 38.2 Å². The van der Waals surface area contributed by atoms with Crippen LogP contribution in [-0.2, 0) is 14.4 Å². The maximum atomic E-state index is 12.4. The van der Waals surface area contributed by atoms with Crippen LogP contribution in [0.1, 0.15) is 24.9 Å². The standard InChI is InChI=1S/C16H20N2O4/c1-10(16(21)22)14(11-6-4-3-5-7-11)17-15(20)12-8-13(19)18(2)9-12/h3-7,10,12,14H,8-9H2,1-2H3,(H,17,20)(H,21,22)/t10-,12-,14-/m0/s1. The third-order valence-corrected chi connectivity index (χ3v) is 4.06. The summed E-state index contributed by atoms with van der Waals surface area (Å²) in [6.45, 7) is 1.93. The van der Waals surface area contributed by atoms with Crippen LogP contribution in [0.3, 0.4) is 0 Å². The topological polar surface area (TPSA) is 86.7 Å². The Hall–Kier alpha value is -2.37. The highest BCUT2D eigenvalue weighted by atomic mass is 16.4. The molecule has 6 heteroatoms. The summed E-state index contributed by atoms with van der Waals surface area (Å²) in [4.78, 5) is 36.7. The van der Waals surface area contributed by atoms with E-state index in [1.807, 2.05) is 6.07 Å². The van der Waals surface area contributed by atoms with Gasteiger partial charge in [-0.15, -0.1) is 0 Å². The average molecular weight is 304 g/mol. The van der Waals surface area contributed by atoms with Gasteiger partial charge in [-0.25, -0.2) is 0 Å². The van der Waals surface area contributed by atoms with E-state index in [2.05, 4.69) is 5.32 Å². The van der Waals surface area contributed by atoms with E-state index in [9.17, 15) is 19.5 Å². The molecule has 1 aromatic carbocycles. The summed E-state index contributed by atoms with van der Waals surface area (Å²) in [7, 11) is 1.66. The Morgan fingerprint density at radius 2 is 1.95 bits per heavy atom. The lowest BCUT2D eigenvalue weighted by molar-refractivity contribution is -0.142. The summed E-state index contributed by atoms with van der Waals surface area (Å²) >= 11 is 0. The number of hydrogen-bond acceptors (Lipinski definition) is 3. The molecule has 1 aliphatic heterocycles. The van der Waals surface area contributed by atoms with Crippen LogP contribution in [0.25, 0.3) is 0 Å². The number of benzene rings is 1. The zero-order valence-electron chi connectivity index (χ0n) is 12.7. The predicted octanol–water partition coefficient (Wildman–Crippen LogP) is 1.04. The van der Waals surface area contributed by atoms with Gasteiger partial charge in [-0.05, 0) is 12.5 Å². The molecule has 22 heavy (non-hydrogen) atoms. The van der Waals surface area contributed by atoms with Crippen LogP contribution in [0.4, 0.5) is 0 Å². The summed E-state index contributed by atoms with van der Waals surface area (Å²) < 4.78 is 0. The van der Waals surface area contributed by atoms with Gasteiger partial charge in [0.25, 0.3) is 0 Å². The Bertz CT molecular complexity index is 573. The first kappa shape index (κ1) is 16.0. The fraction of sp³-hybridized carbons (Fsp3) is 0.438. The number of carbonyl (C=O) groups excluding carboxylic acids is 2. The molecule has 118 valence electrons. The van der Waals surface area contributed by atoms with Gasteiger partial charge in [-0.2, -0.15) is 0 Å². The molecule has 1 heterocycles. The molecule has 6 nitrogen and oxygen atoms in total. The van der Waals surface area contributed by atoms with Crippen LogP contribution in [0.2, 0.25) is 0 Å². The van der Waals surface area contributed by atoms with Crippen LogP contribution < -0.4 is 5.32 Å². The number of carboxylic acid groups (broad SMARTS) is 1. The van der Waals surface area contributed by atoms with Gasteiger partial charge in [0.05, 0.1) is 17.9 Å². The maximum absolute atomic E-state index is 12.4. The van der Waals surface area contributed by atoms with Crippen molar-refractivity contribution >= 4 is 17.8 Å². The molecule has 1 fully saturated rings. The third kappa shape index (κ3) is 3.44. The van der Waals surface area contributed by atoms with E-state index in [4.69, 9.17) is 0 Å². The molecule has 3 atom stereocenters. The Balaban J connectivity index is 2.15. The molecule has 1 aromatic rings. The number of nitrogens with one attached hydrogen (secondary N) is 1. The molecule has 0 aromatic heterocycles. The molecular weight excluding hydrogens is 284 g/mol. The average Bonchev–Trinajstić information content (AvgIpc) is 2.84. The first-order valence-corrected chi connectivity index (χ1v) is 7.22. The number of carboxylic acids is 1. The van der Waals surface area contributed by atoms with Crippen molar-refractivity contribution in [1.82, 2.24) is 10.2 Å². The molecule has 2 N–H and O–H groups in total. The smallest absolute Gasteiger partial charge is 0.308 e. The Morgan fingerprint density at radius 3 is 2.45 bits per heavy atom. The Morgan fingerprint density at radius 1 is 1.32 bits per heavy atom. The highest BCUT2D eigenvalue weighted by Crippen LogP contribution is 2.24. The van der Waals surface area contributed by atoms with E-state index in [-0.39, 0.29) is 18.2 Å². The highest BCUT2D eigenvalue weighted by molar-refractivity contribution is 5.89. The van der Waals surface area contributed by atoms with Gasteiger partial charge < -0.3 is 15.3 Å². The van der Waals surface area contributed by atoms with Crippen LogP contribution in [0.5, 0.6) is 0 Å². The minimum atomic E-state index is -0.978. The second-order valence-electron chi connectivity index (χ2n) is 5.70. The monoisotopic (exact) mass is 304 g/mol. The zero-order valence-corrected chi connectivity index (χ0v) is 12.7. The Labute approximate surface area is 129 Å². The summed E-state index contributed by atoms with van der Waals surface area (Å²) in [5.41, 5.74) is 0.739. The number of rotatable bonds is 5. The van der Waals surface area contributed by atoms with E-state index in [0.29, 0.717) is 6.54 Å². The highest BCUT2D eigenvalue weighted by Gasteiger charge is 2.35. The zero-order chi connectivity index (χ0) is 16.3. The van der Waals surface area contributed by atoms with Gasteiger partial charge in [0, 0.05) is 20.0 Å². The van der Waals surface area contributed by atoms with Gasteiger partial charge in [0.1, 0.15) is 0 Å². The van der Waals surface area contributed by atoms with Gasteiger partial charge in [0.2, 0.25) is 11.8 Å². The summed E-state index contributed by atoms with van der Waals surface area (Å²) in [5, 5.41) is 12.1. The molecule has 1 aliphatic rings. The van der Waals surface area contributed by atoms with Crippen molar-refractivity contribution in [3.05, 3.63) is 35.9 Å². The van der Waals surface area contributed by atoms with E-state index < -0.39 is 23.8 Å². The quantitative estimate of drug-likeness (QED) is 0.851. The molecule has 2 amide bonds.